The SMILES string of the molecule is CCCCN1C(=O)[C@@H](CC)N(C(=O)c2ccc(O)cc2)c2cc(F)ccc21. The summed E-state index contributed by atoms with van der Waals surface area (Å²) in [6.45, 7) is 4.41. The fourth-order valence-corrected chi connectivity index (χ4v) is 3.39. The molecular weight excluding hydrogens is 347 g/mol. The minimum Gasteiger partial charge on any atom is -0.508 e. The topological polar surface area (TPSA) is 60.9 Å². The Morgan fingerprint density at radius 1 is 1.11 bits per heavy atom. The summed E-state index contributed by atoms with van der Waals surface area (Å²) < 4.78 is 14.0. The second-order valence-electron chi connectivity index (χ2n) is 6.62. The largest absolute Gasteiger partial charge is 0.508 e. The Morgan fingerprint density at radius 3 is 2.44 bits per heavy atom. The molecule has 1 aliphatic heterocycles. The molecule has 0 aromatic heterocycles. The lowest BCUT2D eigenvalue weighted by Crippen LogP contribution is -2.55. The fraction of sp³-hybridized carbons (Fsp3) is 0.333. The molecule has 3 rings (SSSR count). The number of aromatic hydroxyl groups is 1. The Morgan fingerprint density at radius 2 is 1.81 bits per heavy atom. The van der Waals surface area contributed by atoms with Gasteiger partial charge in [0, 0.05) is 12.1 Å². The van der Waals surface area contributed by atoms with Crippen LogP contribution in [0.15, 0.2) is 42.5 Å². The molecule has 2 amide bonds. The molecule has 1 aliphatic rings. The predicted molar refractivity (Wildman–Crippen MR) is 103 cm³/mol. The standard InChI is InChI=1S/C21H23FN2O3/c1-3-5-12-23-18-11-8-15(22)13-19(18)24(17(4-2)21(23)27)20(26)14-6-9-16(25)10-7-14/h6-11,13,17,25H,3-5,12H2,1-2H3/t17-/m1/s1. The van der Waals surface area contributed by atoms with Gasteiger partial charge in [-0.05, 0) is 55.3 Å². The van der Waals surface area contributed by atoms with Crippen LogP contribution in [0.5, 0.6) is 5.75 Å². The van der Waals surface area contributed by atoms with E-state index in [-0.39, 0.29) is 11.7 Å². The van der Waals surface area contributed by atoms with Crippen LogP contribution in [0.25, 0.3) is 0 Å². The van der Waals surface area contributed by atoms with E-state index < -0.39 is 17.8 Å². The first-order valence-electron chi connectivity index (χ1n) is 9.21. The van der Waals surface area contributed by atoms with Crippen molar-refractivity contribution in [1.29, 1.82) is 0 Å². The second-order valence-corrected chi connectivity index (χ2v) is 6.62. The van der Waals surface area contributed by atoms with Gasteiger partial charge in [-0.3, -0.25) is 14.5 Å². The predicted octanol–water partition coefficient (Wildman–Crippen LogP) is 4.10. The zero-order valence-corrected chi connectivity index (χ0v) is 15.5. The van der Waals surface area contributed by atoms with Crippen LogP contribution in [0, 0.1) is 5.82 Å². The van der Waals surface area contributed by atoms with Gasteiger partial charge in [0.15, 0.2) is 0 Å². The molecule has 1 N–H and O–H groups in total. The Kier molecular flexibility index (Phi) is 5.44. The number of hydrogen-bond donors (Lipinski definition) is 1. The molecule has 5 nitrogen and oxygen atoms in total. The number of fused-ring (bicyclic) bond motifs is 1. The molecule has 0 radical (unpaired) electrons. The Labute approximate surface area is 158 Å². The van der Waals surface area contributed by atoms with Crippen LogP contribution in [0.2, 0.25) is 0 Å². The van der Waals surface area contributed by atoms with Crippen molar-refractivity contribution in [2.45, 2.75) is 39.2 Å². The van der Waals surface area contributed by atoms with Gasteiger partial charge in [0.1, 0.15) is 17.6 Å². The summed E-state index contributed by atoms with van der Waals surface area (Å²) >= 11 is 0. The highest BCUT2D eigenvalue weighted by Crippen LogP contribution is 2.38. The minimum absolute atomic E-state index is 0.0468. The molecule has 0 saturated carbocycles. The number of carbonyl (C=O) groups is 2. The number of hydrogen-bond acceptors (Lipinski definition) is 3. The molecule has 0 bridgehead atoms. The maximum atomic E-state index is 14.0. The summed E-state index contributed by atoms with van der Waals surface area (Å²) in [4.78, 5) is 29.3. The van der Waals surface area contributed by atoms with Gasteiger partial charge in [0.25, 0.3) is 5.91 Å². The van der Waals surface area contributed by atoms with Crippen molar-refractivity contribution in [3.63, 3.8) is 0 Å². The third-order valence-corrected chi connectivity index (χ3v) is 4.81. The fourth-order valence-electron chi connectivity index (χ4n) is 3.39. The molecule has 142 valence electrons. The number of halogens is 1. The van der Waals surface area contributed by atoms with Crippen LogP contribution in [-0.2, 0) is 4.79 Å². The van der Waals surface area contributed by atoms with E-state index in [4.69, 9.17) is 0 Å². The van der Waals surface area contributed by atoms with Gasteiger partial charge in [0.05, 0.1) is 11.4 Å². The Bertz CT molecular complexity index is 851. The first-order valence-corrected chi connectivity index (χ1v) is 9.21. The maximum Gasteiger partial charge on any atom is 0.259 e. The molecule has 0 spiro atoms. The van der Waals surface area contributed by atoms with Crippen molar-refractivity contribution < 1.29 is 19.1 Å². The summed E-state index contributed by atoms with van der Waals surface area (Å²) in [5.74, 6) is -0.961. The molecule has 0 fully saturated rings. The number of nitrogens with zero attached hydrogens (tertiary/aromatic N) is 2. The van der Waals surface area contributed by atoms with Crippen molar-refractivity contribution in [3.8, 4) is 5.75 Å². The number of anilines is 2. The van der Waals surface area contributed by atoms with Gasteiger partial charge < -0.3 is 10.0 Å². The summed E-state index contributed by atoms with van der Waals surface area (Å²) in [6.07, 6.45) is 2.17. The van der Waals surface area contributed by atoms with E-state index in [1.54, 1.807) is 11.0 Å². The lowest BCUT2D eigenvalue weighted by molar-refractivity contribution is -0.120. The summed E-state index contributed by atoms with van der Waals surface area (Å²) in [5, 5.41) is 9.47. The van der Waals surface area contributed by atoms with E-state index >= 15 is 0 Å². The Balaban J connectivity index is 2.10. The highest BCUT2D eigenvalue weighted by molar-refractivity contribution is 6.17. The van der Waals surface area contributed by atoms with Crippen molar-refractivity contribution in [3.05, 3.63) is 53.8 Å². The normalized spacial score (nSPS) is 16.4. The highest BCUT2D eigenvalue weighted by Gasteiger charge is 2.40. The van der Waals surface area contributed by atoms with E-state index in [0.717, 1.165) is 12.8 Å². The van der Waals surface area contributed by atoms with Gasteiger partial charge in [-0.25, -0.2) is 4.39 Å². The number of amides is 2. The van der Waals surface area contributed by atoms with Gasteiger partial charge in [-0.1, -0.05) is 20.3 Å². The van der Waals surface area contributed by atoms with Crippen molar-refractivity contribution in [2.75, 3.05) is 16.3 Å². The zero-order valence-electron chi connectivity index (χ0n) is 15.5. The third-order valence-electron chi connectivity index (χ3n) is 4.81. The van der Waals surface area contributed by atoms with Crippen LogP contribution in [-0.4, -0.2) is 29.5 Å². The molecule has 1 atom stereocenters. The first-order chi connectivity index (χ1) is 13.0. The molecular formula is C21H23FN2O3. The smallest absolute Gasteiger partial charge is 0.259 e. The van der Waals surface area contributed by atoms with Gasteiger partial charge >= 0.3 is 0 Å². The number of benzene rings is 2. The summed E-state index contributed by atoms with van der Waals surface area (Å²) in [7, 11) is 0. The minimum atomic E-state index is -0.697. The monoisotopic (exact) mass is 370 g/mol. The molecule has 2 aromatic carbocycles. The average Bonchev–Trinajstić information content (AvgIpc) is 2.66. The van der Waals surface area contributed by atoms with Gasteiger partial charge in [-0.2, -0.15) is 0 Å². The molecule has 27 heavy (non-hydrogen) atoms. The molecule has 1 heterocycles. The van der Waals surface area contributed by atoms with E-state index in [1.165, 1.54) is 41.3 Å². The van der Waals surface area contributed by atoms with E-state index in [0.29, 0.717) is 29.9 Å². The van der Waals surface area contributed by atoms with Crippen LogP contribution in [0.4, 0.5) is 15.8 Å². The second kappa shape index (κ2) is 7.78. The Hall–Kier alpha value is -2.89. The maximum absolute atomic E-state index is 14.0. The van der Waals surface area contributed by atoms with Crippen molar-refractivity contribution in [2.24, 2.45) is 0 Å². The molecule has 0 unspecified atom stereocenters. The van der Waals surface area contributed by atoms with Crippen LogP contribution >= 0.6 is 0 Å². The van der Waals surface area contributed by atoms with Gasteiger partial charge in [-0.15, -0.1) is 0 Å². The number of unbranched alkanes of at least 4 members (excludes halogenated alkanes) is 1. The number of phenols is 1. The van der Waals surface area contributed by atoms with E-state index in [1.807, 2.05) is 13.8 Å². The van der Waals surface area contributed by atoms with Crippen LogP contribution in [0.3, 0.4) is 0 Å². The van der Waals surface area contributed by atoms with E-state index in [2.05, 4.69) is 0 Å². The van der Waals surface area contributed by atoms with Crippen molar-refractivity contribution >= 4 is 23.2 Å². The lowest BCUT2D eigenvalue weighted by atomic mass is 10.0. The number of phenolic OH excluding ortho intramolecular Hbond substituents is 1. The molecule has 0 aliphatic carbocycles. The molecule has 0 saturated heterocycles. The average molecular weight is 370 g/mol. The third kappa shape index (κ3) is 3.52. The van der Waals surface area contributed by atoms with Crippen LogP contribution < -0.4 is 9.80 Å². The van der Waals surface area contributed by atoms with Crippen LogP contribution in [0.1, 0.15) is 43.5 Å². The highest BCUT2D eigenvalue weighted by atomic mass is 19.1. The van der Waals surface area contributed by atoms with E-state index in [9.17, 15) is 19.1 Å². The molecule has 2 aromatic rings. The van der Waals surface area contributed by atoms with Crippen molar-refractivity contribution in [1.82, 2.24) is 0 Å². The first kappa shape index (κ1) is 18.9. The quantitative estimate of drug-likeness (QED) is 0.862. The number of rotatable bonds is 5. The zero-order chi connectivity index (χ0) is 19.6. The summed E-state index contributed by atoms with van der Waals surface area (Å²) in [5.41, 5.74) is 1.28. The van der Waals surface area contributed by atoms with Gasteiger partial charge in [0.2, 0.25) is 5.91 Å². The summed E-state index contributed by atoms with van der Waals surface area (Å²) in [6, 6.07) is 9.30. The molecule has 6 heteroatoms. The lowest BCUT2D eigenvalue weighted by Gasteiger charge is -2.41. The number of carbonyl (C=O) groups excluding carboxylic acids is 2.